The summed E-state index contributed by atoms with van der Waals surface area (Å²) < 4.78 is 0. The average Bonchev–Trinajstić information content (AvgIpc) is 3.62. The molecule has 1 fully saturated rings. The minimum Gasteiger partial charge on any atom is -0.335 e. The molecule has 0 aliphatic heterocycles. The lowest BCUT2D eigenvalue weighted by Crippen LogP contribution is -2.18. The van der Waals surface area contributed by atoms with Crippen LogP contribution in [-0.4, -0.2) is 46.0 Å². The summed E-state index contributed by atoms with van der Waals surface area (Å²) in [5.74, 6) is 1.08. The molecule has 6 heterocycles. The van der Waals surface area contributed by atoms with E-state index in [-0.39, 0.29) is 5.91 Å². The van der Waals surface area contributed by atoms with Crippen molar-refractivity contribution < 1.29 is 4.79 Å². The lowest BCUT2D eigenvalue weighted by atomic mass is 9.87. The van der Waals surface area contributed by atoms with Crippen LogP contribution in [0, 0.1) is 5.92 Å². The van der Waals surface area contributed by atoms with Crippen molar-refractivity contribution in [3.63, 3.8) is 0 Å². The molecule has 10 nitrogen and oxygen atoms in total. The van der Waals surface area contributed by atoms with Crippen LogP contribution in [0.25, 0.3) is 56.1 Å². The molecule has 40 heavy (non-hydrogen) atoms. The molecule has 1 aliphatic rings. The van der Waals surface area contributed by atoms with Gasteiger partial charge in [-0.15, -0.1) is 0 Å². The Kier molecular flexibility index (Phi) is 6.19. The average molecular weight is 530 g/mol. The number of nitrogens with zero attached hydrogens (tertiary/aromatic N) is 6. The summed E-state index contributed by atoms with van der Waals surface area (Å²) in [5, 5.41) is 10.6. The fraction of sp³-hybridized carbons (Fsp3) is 0.233. The molecule has 6 aromatic heterocycles. The maximum Gasteiger partial charge on any atom is 0.224 e. The Bertz CT molecular complexity index is 1820. The van der Waals surface area contributed by atoms with Crippen molar-refractivity contribution in [2.24, 2.45) is 5.92 Å². The molecular weight excluding hydrogens is 502 g/mol. The fourth-order valence-corrected chi connectivity index (χ4v) is 5.52. The number of pyridine rings is 4. The number of fused-ring (bicyclic) bond motifs is 2. The lowest BCUT2D eigenvalue weighted by molar-refractivity contribution is -0.117. The van der Waals surface area contributed by atoms with Crippen molar-refractivity contribution in [2.75, 3.05) is 5.32 Å². The first-order chi connectivity index (χ1) is 19.7. The van der Waals surface area contributed by atoms with E-state index < -0.39 is 0 Å². The normalized spacial score (nSPS) is 14.1. The van der Waals surface area contributed by atoms with Gasteiger partial charge < -0.3 is 10.3 Å². The predicted octanol–water partition coefficient (Wildman–Crippen LogP) is 5.93. The van der Waals surface area contributed by atoms with E-state index in [0.29, 0.717) is 40.7 Å². The number of rotatable bonds is 6. The van der Waals surface area contributed by atoms with Crippen molar-refractivity contribution in [3.05, 3.63) is 67.4 Å². The topological polar surface area (TPSA) is 138 Å². The molecule has 3 N–H and O–H groups in total. The lowest BCUT2D eigenvalue weighted by Gasteiger charge is -2.20. The summed E-state index contributed by atoms with van der Waals surface area (Å²) >= 11 is 0. The van der Waals surface area contributed by atoms with Crippen molar-refractivity contribution in [3.8, 4) is 33.9 Å². The highest BCUT2D eigenvalue weighted by Crippen LogP contribution is 2.31. The van der Waals surface area contributed by atoms with Crippen LogP contribution in [0.5, 0.6) is 0 Å². The van der Waals surface area contributed by atoms with Crippen molar-refractivity contribution >= 4 is 33.8 Å². The van der Waals surface area contributed by atoms with Gasteiger partial charge in [0.25, 0.3) is 0 Å². The first-order valence-corrected chi connectivity index (χ1v) is 13.6. The molecule has 0 atom stereocenters. The van der Waals surface area contributed by atoms with Gasteiger partial charge >= 0.3 is 0 Å². The molecule has 0 saturated heterocycles. The number of nitrogens with one attached hydrogen (secondary N) is 3. The fourth-order valence-electron chi connectivity index (χ4n) is 5.52. The summed E-state index contributed by atoms with van der Waals surface area (Å²) in [5.41, 5.74) is 7.55. The van der Waals surface area contributed by atoms with Gasteiger partial charge in [0.15, 0.2) is 17.2 Å². The zero-order chi connectivity index (χ0) is 26.9. The van der Waals surface area contributed by atoms with Crippen LogP contribution in [0.1, 0.15) is 38.5 Å². The third-order valence-electron chi connectivity index (χ3n) is 7.51. The Morgan fingerprint density at radius 2 is 1.85 bits per heavy atom. The summed E-state index contributed by atoms with van der Waals surface area (Å²) in [6, 6.07) is 11.6. The third kappa shape index (κ3) is 4.68. The number of aromatic nitrogens is 8. The van der Waals surface area contributed by atoms with E-state index in [1.54, 1.807) is 24.8 Å². The smallest absolute Gasteiger partial charge is 0.224 e. The standard InChI is InChI=1S/C30H27N9O/c40-25(13-18-5-2-1-3-6-18)34-21-14-20(16-32-17-21)23-8-9-24-27(35-23)28(39-38-24)30-36-26-22(10-12-33-29(26)37-30)19-7-4-11-31-15-19/h4,7-12,14-18H,1-3,5-6,13H2,(H,34,40)(H,38,39)(H,33,36,37). The largest absolute Gasteiger partial charge is 0.335 e. The Morgan fingerprint density at radius 3 is 2.73 bits per heavy atom. The SMILES string of the molecule is O=C(CC1CCCCC1)Nc1cncc(-c2ccc3[nH]nc(-c4nc5nccc(-c6cccnc6)c5[nH]4)c3n2)c1. The quantitative estimate of drug-likeness (QED) is 0.243. The Morgan fingerprint density at radius 1 is 0.950 bits per heavy atom. The molecule has 1 saturated carbocycles. The first-order valence-electron chi connectivity index (χ1n) is 13.6. The number of H-pyrrole nitrogens is 2. The van der Waals surface area contributed by atoms with E-state index in [1.165, 1.54) is 19.3 Å². The van der Waals surface area contributed by atoms with Gasteiger partial charge in [0.05, 0.1) is 28.6 Å². The van der Waals surface area contributed by atoms with Crippen LogP contribution in [0.4, 0.5) is 5.69 Å². The minimum atomic E-state index is 0.0375. The number of hydrogen-bond donors (Lipinski definition) is 3. The number of anilines is 1. The van der Waals surface area contributed by atoms with E-state index in [9.17, 15) is 4.79 Å². The van der Waals surface area contributed by atoms with Gasteiger partial charge in [0.2, 0.25) is 5.91 Å². The molecule has 10 heteroatoms. The number of hydrogen-bond acceptors (Lipinski definition) is 7. The van der Waals surface area contributed by atoms with Crippen molar-refractivity contribution in [1.29, 1.82) is 0 Å². The molecule has 1 amide bonds. The molecule has 0 aromatic carbocycles. The van der Waals surface area contributed by atoms with Crippen LogP contribution in [0.15, 0.2) is 67.4 Å². The summed E-state index contributed by atoms with van der Waals surface area (Å²) in [6.45, 7) is 0. The van der Waals surface area contributed by atoms with Crippen LogP contribution >= 0.6 is 0 Å². The Hall–Kier alpha value is -4.99. The second-order valence-corrected chi connectivity index (χ2v) is 10.3. The Labute approximate surface area is 229 Å². The molecule has 6 aromatic rings. The third-order valence-corrected chi connectivity index (χ3v) is 7.51. The molecule has 1 aliphatic carbocycles. The molecule has 0 unspecified atom stereocenters. The van der Waals surface area contributed by atoms with E-state index >= 15 is 0 Å². The maximum absolute atomic E-state index is 12.7. The highest BCUT2D eigenvalue weighted by molar-refractivity contribution is 5.95. The molecule has 0 spiro atoms. The highest BCUT2D eigenvalue weighted by atomic mass is 16.1. The van der Waals surface area contributed by atoms with Gasteiger partial charge in [-0.3, -0.25) is 19.9 Å². The molecular formula is C30H27N9O. The van der Waals surface area contributed by atoms with Crippen LogP contribution in [0.3, 0.4) is 0 Å². The number of carbonyl (C=O) groups excluding carboxylic acids is 1. The number of carbonyl (C=O) groups is 1. The van der Waals surface area contributed by atoms with Crippen LogP contribution < -0.4 is 5.32 Å². The number of imidazole rings is 1. The second-order valence-electron chi connectivity index (χ2n) is 10.3. The first kappa shape index (κ1) is 24.1. The Balaban J connectivity index is 1.19. The predicted molar refractivity (Wildman–Crippen MR) is 153 cm³/mol. The van der Waals surface area contributed by atoms with E-state index in [2.05, 4.69) is 35.5 Å². The highest BCUT2D eigenvalue weighted by Gasteiger charge is 2.19. The van der Waals surface area contributed by atoms with Gasteiger partial charge in [-0.25, -0.2) is 15.0 Å². The zero-order valence-corrected chi connectivity index (χ0v) is 21.8. The summed E-state index contributed by atoms with van der Waals surface area (Å²) in [4.78, 5) is 38.8. The van der Waals surface area contributed by atoms with E-state index in [1.807, 2.05) is 42.6 Å². The minimum absolute atomic E-state index is 0.0375. The molecule has 198 valence electrons. The summed E-state index contributed by atoms with van der Waals surface area (Å²) in [6.07, 6.45) is 15.3. The zero-order valence-electron chi connectivity index (χ0n) is 21.8. The van der Waals surface area contributed by atoms with E-state index in [0.717, 1.165) is 46.3 Å². The van der Waals surface area contributed by atoms with Gasteiger partial charge in [0.1, 0.15) is 5.52 Å². The van der Waals surface area contributed by atoms with Gasteiger partial charge in [-0.05, 0) is 49.1 Å². The number of aromatic amines is 2. The second kappa shape index (κ2) is 10.3. The molecule has 0 radical (unpaired) electrons. The van der Waals surface area contributed by atoms with Gasteiger partial charge in [-0.2, -0.15) is 5.10 Å². The molecule has 0 bridgehead atoms. The molecule has 7 rings (SSSR count). The number of amides is 1. The van der Waals surface area contributed by atoms with Crippen molar-refractivity contribution in [2.45, 2.75) is 38.5 Å². The van der Waals surface area contributed by atoms with Crippen LogP contribution in [-0.2, 0) is 4.79 Å². The van der Waals surface area contributed by atoms with Crippen LogP contribution in [0.2, 0.25) is 0 Å². The van der Waals surface area contributed by atoms with Crippen molar-refractivity contribution in [1.82, 2.24) is 40.1 Å². The maximum atomic E-state index is 12.7. The van der Waals surface area contributed by atoms with Gasteiger partial charge in [0, 0.05) is 47.9 Å². The summed E-state index contributed by atoms with van der Waals surface area (Å²) in [7, 11) is 0. The van der Waals surface area contributed by atoms with E-state index in [4.69, 9.17) is 9.97 Å². The monoisotopic (exact) mass is 529 g/mol. The van der Waals surface area contributed by atoms with Gasteiger partial charge in [-0.1, -0.05) is 25.3 Å².